The molecule has 0 fully saturated rings. The van der Waals surface area contributed by atoms with E-state index in [2.05, 4.69) is 4.98 Å². The fourth-order valence-corrected chi connectivity index (χ4v) is 3.99. The maximum absolute atomic E-state index is 13.6. The molecule has 1 aliphatic heterocycles. The number of H-pyrrole nitrogens is 1. The molecule has 2 N–H and O–H groups in total. The number of nitrogens with one attached hydrogen (secondary N) is 1. The number of benzene rings is 1. The Labute approximate surface area is 159 Å². The van der Waals surface area contributed by atoms with Crippen LogP contribution in [0.15, 0.2) is 24.3 Å². The van der Waals surface area contributed by atoms with Gasteiger partial charge in [0.2, 0.25) is 0 Å². The quantitative estimate of drug-likeness (QED) is 0.656. The largest absolute Gasteiger partial charge is 0.481 e. The average Bonchev–Trinajstić information content (AvgIpc) is 2.96. The van der Waals surface area contributed by atoms with E-state index in [1.165, 1.54) is 6.07 Å². The first-order valence-electron chi connectivity index (χ1n) is 8.57. The van der Waals surface area contributed by atoms with Gasteiger partial charge in [-0.25, -0.2) is 0 Å². The van der Waals surface area contributed by atoms with Crippen molar-refractivity contribution < 1.29 is 27.8 Å². The zero-order valence-electron chi connectivity index (χ0n) is 14.6. The third kappa shape index (κ3) is 3.58. The molecule has 0 bridgehead atoms. The smallest absolute Gasteiger partial charge is 0.417 e. The Kier molecular flexibility index (Phi) is 5.27. The van der Waals surface area contributed by atoms with E-state index in [0.717, 1.165) is 6.07 Å². The van der Waals surface area contributed by atoms with Crippen molar-refractivity contribution in [1.82, 2.24) is 4.98 Å². The van der Waals surface area contributed by atoms with Gasteiger partial charge in [-0.15, -0.1) is 0 Å². The summed E-state index contributed by atoms with van der Waals surface area (Å²) in [5.74, 6) is -1.08. The summed E-state index contributed by atoms with van der Waals surface area (Å²) < 4.78 is 46.5. The van der Waals surface area contributed by atoms with Crippen molar-refractivity contribution in [2.75, 3.05) is 6.61 Å². The highest BCUT2D eigenvalue weighted by Crippen LogP contribution is 2.47. The van der Waals surface area contributed by atoms with Gasteiger partial charge < -0.3 is 14.8 Å². The Morgan fingerprint density at radius 2 is 2.19 bits per heavy atom. The number of alkyl halides is 3. The number of aromatic nitrogens is 1. The predicted octanol–water partition coefficient (Wildman–Crippen LogP) is 5.44. The van der Waals surface area contributed by atoms with Gasteiger partial charge in [-0.2, -0.15) is 13.2 Å². The molecule has 1 aliphatic rings. The van der Waals surface area contributed by atoms with Crippen LogP contribution in [-0.4, -0.2) is 22.7 Å². The molecular weight excluding hydrogens is 383 g/mol. The fourth-order valence-electron chi connectivity index (χ4n) is 3.79. The second-order valence-corrected chi connectivity index (χ2v) is 7.00. The number of rotatable bonds is 5. The fraction of sp³-hybridized carbons (Fsp3) is 0.421. The average molecular weight is 402 g/mol. The Morgan fingerprint density at radius 3 is 2.81 bits per heavy atom. The predicted molar refractivity (Wildman–Crippen MR) is 95.9 cm³/mol. The summed E-state index contributed by atoms with van der Waals surface area (Å²) >= 11 is 6.16. The molecule has 0 aliphatic carbocycles. The Morgan fingerprint density at radius 1 is 1.44 bits per heavy atom. The van der Waals surface area contributed by atoms with Crippen molar-refractivity contribution in [2.24, 2.45) is 0 Å². The summed E-state index contributed by atoms with van der Waals surface area (Å²) in [6.07, 6.45) is -0.0501. The third-order valence-electron chi connectivity index (χ3n) is 4.89. The molecule has 1 aromatic heterocycles. The van der Waals surface area contributed by atoms with Gasteiger partial charge in [0.15, 0.2) is 0 Å². The highest BCUT2D eigenvalue weighted by Gasteiger charge is 2.44. The van der Waals surface area contributed by atoms with Gasteiger partial charge in [0, 0.05) is 5.39 Å². The van der Waals surface area contributed by atoms with Crippen molar-refractivity contribution in [1.29, 1.82) is 0 Å². The van der Waals surface area contributed by atoms with Crippen molar-refractivity contribution in [2.45, 2.75) is 44.4 Å². The molecule has 0 saturated carbocycles. The monoisotopic (exact) mass is 401 g/mol. The number of hydrogen-bond acceptors (Lipinski definition) is 2. The number of fused-ring (bicyclic) bond motifs is 3. The summed E-state index contributed by atoms with van der Waals surface area (Å²) in [5, 5.41) is 9.57. The minimum absolute atomic E-state index is 0.00842. The van der Waals surface area contributed by atoms with Crippen LogP contribution in [0.4, 0.5) is 13.2 Å². The van der Waals surface area contributed by atoms with Crippen molar-refractivity contribution >= 4 is 28.5 Å². The lowest BCUT2D eigenvalue weighted by Crippen LogP contribution is -2.38. The number of allylic oxidation sites excluding steroid dienone is 2. The van der Waals surface area contributed by atoms with Gasteiger partial charge in [0.05, 0.1) is 34.8 Å². The van der Waals surface area contributed by atoms with Gasteiger partial charge in [0.1, 0.15) is 5.60 Å². The summed E-state index contributed by atoms with van der Waals surface area (Å²) in [7, 11) is 0. The van der Waals surface area contributed by atoms with E-state index in [0.29, 0.717) is 24.1 Å². The van der Waals surface area contributed by atoms with E-state index in [9.17, 15) is 23.1 Å². The number of halogens is 4. The number of hydrogen-bond donors (Lipinski definition) is 2. The molecule has 2 aromatic rings. The van der Waals surface area contributed by atoms with E-state index in [1.54, 1.807) is 0 Å². The number of carboxylic acid groups (broad SMARTS) is 1. The summed E-state index contributed by atoms with van der Waals surface area (Å²) in [6.45, 7) is 1.99. The second-order valence-electron chi connectivity index (χ2n) is 6.59. The van der Waals surface area contributed by atoms with Crippen LogP contribution in [0.1, 0.15) is 43.0 Å². The zero-order valence-corrected chi connectivity index (χ0v) is 15.4. The third-order valence-corrected chi connectivity index (χ3v) is 5.20. The van der Waals surface area contributed by atoms with Gasteiger partial charge in [-0.3, -0.25) is 4.79 Å². The van der Waals surface area contributed by atoms with Gasteiger partial charge in [-0.05, 0) is 43.9 Å². The minimum Gasteiger partial charge on any atom is -0.481 e. The molecule has 1 unspecified atom stereocenters. The van der Waals surface area contributed by atoms with Crippen molar-refractivity contribution in [3.05, 3.63) is 46.1 Å². The van der Waals surface area contributed by atoms with E-state index < -0.39 is 23.3 Å². The van der Waals surface area contributed by atoms with Crippen LogP contribution in [0, 0.1) is 0 Å². The first-order chi connectivity index (χ1) is 12.7. The molecule has 0 amide bonds. The number of carboxylic acids is 1. The number of carbonyl (C=O) groups is 1. The molecule has 0 radical (unpaired) electrons. The van der Waals surface area contributed by atoms with Crippen LogP contribution in [-0.2, 0) is 27.7 Å². The van der Waals surface area contributed by atoms with Crippen LogP contribution >= 0.6 is 11.6 Å². The van der Waals surface area contributed by atoms with Gasteiger partial charge in [-0.1, -0.05) is 23.8 Å². The van der Waals surface area contributed by atoms with E-state index in [-0.39, 0.29) is 35.4 Å². The van der Waals surface area contributed by atoms with Crippen LogP contribution in [0.3, 0.4) is 0 Å². The number of aromatic amines is 1. The minimum atomic E-state index is -4.54. The normalized spacial score (nSPS) is 20.3. The van der Waals surface area contributed by atoms with E-state index >= 15 is 0 Å². The van der Waals surface area contributed by atoms with Crippen LogP contribution < -0.4 is 0 Å². The summed E-state index contributed by atoms with van der Waals surface area (Å²) in [4.78, 5) is 14.5. The van der Waals surface area contributed by atoms with Gasteiger partial charge in [0.25, 0.3) is 0 Å². The first-order valence-corrected chi connectivity index (χ1v) is 8.95. The molecule has 27 heavy (non-hydrogen) atoms. The van der Waals surface area contributed by atoms with Crippen LogP contribution in [0.2, 0.25) is 5.02 Å². The molecule has 1 aromatic carbocycles. The lowest BCUT2D eigenvalue weighted by atomic mass is 9.84. The molecule has 2 heterocycles. The molecular formula is C19H19ClF3NO3. The standard InChI is InChI=1S/C19H19ClF3NO3/c1-2-3-4-8-18(10-14(25)26)17-11(7-9-27-18)15-12(19(21,22)23)5-6-13(20)16(15)24-17/h2-3,5-6,24H,4,7-10H2,1H3,(H,25,26)/b3-2+. The molecule has 0 spiro atoms. The molecule has 0 saturated heterocycles. The maximum atomic E-state index is 13.6. The lowest BCUT2D eigenvalue weighted by Gasteiger charge is -2.36. The summed E-state index contributed by atoms with van der Waals surface area (Å²) in [6, 6.07) is 2.17. The number of aliphatic carboxylic acids is 1. The molecule has 8 heteroatoms. The molecule has 146 valence electrons. The highest BCUT2D eigenvalue weighted by molar-refractivity contribution is 6.35. The maximum Gasteiger partial charge on any atom is 0.417 e. The van der Waals surface area contributed by atoms with E-state index in [1.807, 2.05) is 19.1 Å². The first kappa shape index (κ1) is 19.8. The lowest BCUT2D eigenvalue weighted by molar-refractivity contribution is -0.149. The Balaban J connectivity index is 2.26. The van der Waals surface area contributed by atoms with Crippen LogP contribution in [0.25, 0.3) is 10.9 Å². The molecule has 1 atom stereocenters. The highest BCUT2D eigenvalue weighted by atomic mass is 35.5. The van der Waals surface area contributed by atoms with E-state index in [4.69, 9.17) is 16.3 Å². The van der Waals surface area contributed by atoms with Crippen LogP contribution in [0.5, 0.6) is 0 Å². The Hall–Kier alpha value is -1.99. The zero-order chi connectivity index (χ0) is 19.8. The summed E-state index contributed by atoms with van der Waals surface area (Å²) in [5.41, 5.74) is -1.01. The van der Waals surface area contributed by atoms with Crippen molar-refractivity contribution in [3.8, 4) is 0 Å². The molecule has 4 nitrogen and oxygen atoms in total. The molecule has 3 rings (SSSR count). The number of ether oxygens (including phenoxy) is 1. The SMILES string of the molecule is C/C=C/CCC1(CC(=O)O)OCCc2c1[nH]c1c(Cl)ccc(C(F)(F)F)c21. The Bertz CT molecular complexity index is 904. The van der Waals surface area contributed by atoms with Crippen molar-refractivity contribution in [3.63, 3.8) is 0 Å². The topological polar surface area (TPSA) is 62.3 Å². The second kappa shape index (κ2) is 7.20. The van der Waals surface area contributed by atoms with Gasteiger partial charge >= 0.3 is 12.1 Å².